The average Bonchev–Trinajstić information content (AvgIpc) is 2.50. The van der Waals surface area contributed by atoms with E-state index < -0.39 is 0 Å². The van der Waals surface area contributed by atoms with E-state index in [1.54, 1.807) is 17.0 Å². The maximum Gasteiger partial charge on any atom is 0.246 e. The van der Waals surface area contributed by atoms with Crippen molar-refractivity contribution in [1.82, 2.24) is 4.90 Å². The normalized spacial score (nSPS) is 11.3. The first-order valence-electron chi connectivity index (χ1n) is 6.71. The van der Waals surface area contributed by atoms with Crippen LogP contribution in [0, 0.1) is 18.3 Å². The van der Waals surface area contributed by atoms with Crippen LogP contribution in [-0.4, -0.2) is 28.6 Å². The van der Waals surface area contributed by atoms with Crippen molar-refractivity contribution in [2.45, 2.75) is 25.9 Å². The number of amides is 1. The van der Waals surface area contributed by atoms with Crippen LogP contribution in [0.5, 0.6) is 0 Å². The van der Waals surface area contributed by atoms with E-state index in [0.29, 0.717) is 18.5 Å². The van der Waals surface area contributed by atoms with E-state index in [1.165, 1.54) is 6.08 Å². The Morgan fingerprint density at radius 2 is 2.24 bits per heavy atom. The number of carbonyl (C=O) groups excluding carboxylic acids is 1. The van der Waals surface area contributed by atoms with Gasteiger partial charge in [0, 0.05) is 6.54 Å². The number of benzene rings is 1. The second kappa shape index (κ2) is 8.03. The fraction of sp³-hybridized carbons (Fsp3) is 0.294. The van der Waals surface area contributed by atoms with Gasteiger partial charge in [0.15, 0.2) is 0 Å². The van der Waals surface area contributed by atoms with Crippen LogP contribution in [0.4, 0.5) is 0 Å². The highest BCUT2D eigenvalue weighted by molar-refractivity contribution is 5.87. The van der Waals surface area contributed by atoms with Crippen LogP contribution in [0.25, 0.3) is 0 Å². The highest BCUT2D eigenvalue weighted by Gasteiger charge is 2.20. The van der Waals surface area contributed by atoms with Crippen LogP contribution in [-0.2, 0) is 11.3 Å². The lowest BCUT2D eigenvalue weighted by Crippen LogP contribution is -2.40. The van der Waals surface area contributed by atoms with Gasteiger partial charge in [0.2, 0.25) is 5.91 Å². The number of aliphatic hydroxyl groups is 1. The standard InChI is InChI=1S/C17H20N2O2/c1-4-6-16(12-20)19(17(21)5-2)11-14-7-8-15(10-18)13(3)9-14/h4-5,7-9,16,20H,1-2,6,11-12H2,3H3. The molecule has 0 aliphatic carbocycles. The van der Waals surface area contributed by atoms with Crippen molar-refractivity contribution in [2.75, 3.05) is 6.61 Å². The summed E-state index contributed by atoms with van der Waals surface area (Å²) in [5, 5.41) is 18.4. The molecular weight excluding hydrogens is 264 g/mol. The number of nitriles is 1. The quantitative estimate of drug-likeness (QED) is 0.617. The Kier molecular flexibility index (Phi) is 6.38. The van der Waals surface area contributed by atoms with E-state index in [0.717, 1.165) is 11.1 Å². The first-order chi connectivity index (χ1) is 10.1. The molecule has 21 heavy (non-hydrogen) atoms. The number of aryl methyl sites for hydroxylation is 1. The first-order valence-corrected chi connectivity index (χ1v) is 6.71. The Morgan fingerprint density at radius 3 is 2.71 bits per heavy atom. The number of nitrogens with zero attached hydrogens (tertiary/aromatic N) is 2. The maximum absolute atomic E-state index is 12.0. The number of hydrogen-bond donors (Lipinski definition) is 1. The summed E-state index contributed by atoms with van der Waals surface area (Å²) in [4.78, 5) is 13.6. The minimum absolute atomic E-state index is 0.138. The molecule has 4 nitrogen and oxygen atoms in total. The highest BCUT2D eigenvalue weighted by Crippen LogP contribution is 2.15. The van der Waals surface area contributed by atoms with Gasteiger partial charge in [-0.1, -0.05) is 24.8 Å². The van der Waals surface area contributed by atoms with Gasteiger partial charge in [0.05, 0.1) is 24.3 Å². The second-order valence-corrected chi connectivity index (χ2v) is 4.79. The summed E-state index contributed by atoms with van der Waals surface area (Å²) < 4.78 is 0. The summed E-state index contributed by atoms with van der Waals surface area (Å²) in [5.41, 5.74) is 2.39. The lowest BCUT2D eigenvalue weighted by molar-refractivity contribution is -0.129. The monoisotopic (exact) mass is 284 g/mol. The van der Waals surface area contributed by atoms with Crippen LogP contribution in [0.1, 0.15) is 23.1 Å². The molecule has 110 valence electrons. The Hall–Kier alpha value is -2.38. The van der Waals surface area contributed by atoms with Gasteiger partial charge in [-0.3, -0.25) is 4.79 Å². The lowest BCUT2D eigenvalue weighted by atomic mass is 10.0. The Balaban J connectivity index is 3.03. The fourth-order valence-corrected chi connectivity index (χ4v) is 2.14. The number of rotatable bonds is 7. The van der Waals surface area contributed by atoms with Crippen molar-refractivity contribution in [3.8, 4) is 6.07 Å². The third kappa shape index (κ3) is 4.30. The molecule has 1 aromatic rings. The van der Waals surface area contributed by atoms with Crippen molar-refractivity contribution in [3.05, 3.63) is 60.2 Å². The van der Waals surface area contributed by atoms with E-state index in [9.17, 15) is 9.90 Å². The van der Waals surface area contributed by atoms with Crippen molar-refractivity contribution < 1.29 is 9.90 Å². The van der Waals surface area contributed by atoms with E-state index in [4.69, 9.17) is 5.26 Å². The molecule has 0 heterocycles. The predicted octanol–water partition coefficient (Wildman–Crippen LogP) is 2.32. The second-order valence-electron chi connectivity index (χ2n) is 4.79. The molecule has 4 heteroatoms. The SMILES string of the molecule is C=CCC(CO)N(Cc1ccc(C#N)c(C)c1)C(=O)C=C. The molecule has 1 rings (SSSR count). The number of hydrogen-bond acceptors (Lipinski definition) is 3. The van der Waals surface area contributed by atoms with Crippen LogP contribution in [0.2, 0.25) is 0 Å². The Morgan fingerprint density at radius 1 is 1.52 bits per heavy atom. The molecular formula is C17H20N2O2. The van der Waals surface area contributed by atoms with Crippen molar-refractivity contribution >= 4 is 5.91 Å². The molecule has 0 saturated heterocycles. The number of aliphatic hydroxyl groups excluding tert-OH is 1. The smallest absolute Gasteiger partial charge is 0.246 e. The summed E-state index contributed by atoms with van der Waals surface area (Å²) in [6.45, 7) is 9.23. The topological polar surface area (TPSA) is 64.3 Å². The average molecular weight is 284 g/mol. The molecule has 1 unspecified atom stereocenters. The molecule has 0 aromatic heterocycles. The molecule has 1 aromatic carbocycles. The molecule has 0 spiro atoms. The van der Waals surface area contributed by atoms with E-state index >= 15 is 0 Å². The van der Waals surface area contributed by atoms with Crippen LogP contribution < -0.4 is 0 Å². The number of carbonyl (C=O) groups is 1. The van der Waals surface area contributed by atoms with Gasteiger partial charge in [-0.25, -0.2) is 0 Å². The third-order valence-electron chi connectivity index (χ3n) is 3.31. The summed E-state index contributed by atoms with van der Waals surface area (Å²) in [5.74, 6) is -0.238. The van der Waals surface area contributed by atoms with E-state index in [-0.39, 0.29) is 18.6 Å². The van der Waals surface area contributed by atoms with Crippen molar-refractivity contribution in [2.24, 2.45) is 0 Å². The van der Waals surface area contributed by atoms with Gasteiger partial charge in [-0.05, 0) is 36.6 Å². The van der Waals surface area contributed by atoms with E-state index in [2.05, 4.69) is 19.2 Å². The zero-order valence-corrected chi connectivity index (χ0v) is 12.2. The molecule has 1 N–H and O–H groups in total. The molecule has 0 aliphatic rings. The van der Waals surface area contributed by atoms with Crippen molar-refractivity contribution in [1.29, 1.82) is 5.26 Å². The van der Waals surface area contributed by atoms with Gasteiger partial charge >= 0.3 is 0 Å². The van der Waals surface area contributed by atoms with Crippen LogP contribution in [0.3, 0.4) is 0 Å². The maximum atomic E-state index is 12.0. The molecule has 1 atom stereocenters. The predicted molar refractivity (Wildman–Crippen MR) is 82.3 cm³/mol. The fourth-order valence-electron chi connectivity index (χ4n) is 2.14. The van der Waals surface area contributed by atoms with Gasteiger partial charge in [-0.2, -0.15) is 5.26 Å². The third-order valence-corrected chi connectivity index (χ3v) is 3.31. The molecule has 0 saturated carbocycles. The zero-order valence-electron chi connectivity index (χ0n) is 12.2. The van der Waals surface area contributed by atoms with Crippen molar-refractivity contribution in [3.63, 3.8) is 0 Å². The molecule has 1 amide bonds. The molecule has 0 radical (unpaired) electrons. The Labute approximate surface area is 125 Å². The van der Waals surface area contributed by atoms with Gasteiger partial charge in [0.1, 0.15) is 0 Å². The largest absolute Gasteiger partial charge is 0.394 e. The van der Waals surface area contributed by atoms with Gasteiger partial charge in [-0.15, -0.1) is 6.58 Å². The van der Waals surface area contributed by atoms with E-state index in [1.807, 2.05) is 19.1 Å². The van der Waals surface area contributed by atoms with Crippen LogP contribution >= 0.6 is 0 Å². The minimum Gasteiger partial charge on any atom is -0.394 e. The summed E-state index contributed by atoms with van der Waals surface area (Å²) in [6, 6.07) is 7.22. The summed E-state index contributed by atoms with van der Waals surface area (Å²) in [7, 11) is 0. The summed E-state index contributed by atoms with van der Waals surface area (Å²) >= 11 is 0. The highest BCUT2D eigenvalue weighted by atomic mass is 16.3. The molecule has 0 fully saturated rings. The Bertz CT molecular complexity index is 573. The van der Waals surface area contributed by atoms with Gasteiger partial charge < -0.3 is 10.0 Å². The minimum atomic E-state index is -0.330. The molecule has 0 aliphatic heterocycles. The zero-order chi connectivity index (χ0) is 15.8. The summed E-state index contributed by atoms with van der Waals surface area (Å²) in [6.07, 6.45) is 3.42. The molecule has 0 bridgehead atoms. The van der Waals surface area contributed by atoms with Gasteiger partial charge in [0.25, 0.3) is 0 Å². The lowest BCUT2D eigenvalue weighted by Gasteiger charge is -2.29. The first kappa shape index (κ1) is 16.7. The van der Waals surface area contributed by atoms with Crippen LogP contribution in [0.15, 0.2) is 43.5 Å².